The van der Waals surface area contributed by atoms with Crippen molar-refractivity contribution >= 4 is 34.9 Å². The normalized spacial score (nSPS) is 12.7. The van der Waals surface area contributed by atoms with Gasteiger partial charge in [0.05, 0.1) is 21.6 Å². The summed E-state index contributed by atoms with van der Waals surface area (Å²) in [4.78, 5) is 35.2. The number of esters is 1. The molecule has 0 fully saturated rings. The fraction of sp³-hybridized carbons (Fsp3) is 0.263. The molecular formula is C19H19ClN2O5. The molecule has 0 spiro atoms. The molecule has 0 aromatic heterocycles. The second kappa shape index (κ2) is 9.14. The van der Waals surface area contributed by atoms with Gasteiger partial charge in [-0.25, -0.2) is 0 Å². The van der Waals surface area contributed by atoms with Crippen molar-refractivity contribution in [2.75, 3.05) is 5.32 Å². The largest absolute Gasteiger partial charge is 0.447 e. The summed E-state index contributed by atoms with van der Waals surface area (Å²) in [5, 5.41) is 13.4. The maximum atomic E-state index is 12.7. The summed E-state index contributed by atoms with van der Waals surface area (Å²) in [6, 6.07) is 12.3. The van der Waals surface area contributed by atoms with E-state index in [1.54, 1.807) is 37.3 Å². The van der Waals surface area contributed by atoms with Crippen LogP contribution in [0.5, 0.6) is 0 Å². The summed E-state index contributed by atoms with van der Waals surface area (Å²) >= 11 is 6.02. The zero-order valence-electron chi connectivity index (χ0n) is 14.8. The fourth-order valence-corrected chi connectivity index (χ4v) is 2.44. The SMILES string of the molecule is CCC(C)C(=O)OC(C(=O)Nc1ccc([N+](=O)[O-])cc1Cl)c1ccccc1. The van der Waals surface area contributed by atoms with Crippen LogP contribution in [0, 0.1) is 16.0 Å². The van der Waals surface area contributed by atoms with Crippen molar-refractivity contribution in [3.05, 3.63) is 69.2 Å². The van der Waals surface area contributed by atoms with E-state index in [-0.39, 0.29) is 22.3 Å². The molecular weight excluding hydrogens is 372 g/mol. The molecule has 27 heavy (non-hydrogen) atoms. The molecule has 2 aromatic rings. The summed E-state index contributed by atoms with van der Waals surface area (Å²) in [6.45, 7) is 3.57. The zero-order chi connectivity index (χ0) is 20.0. The number of amides is 1. The van der Waals surface area contributed by atoms with Gasteiger partial charge in [-0.3, -0.25) is 19.7 Å². The number of anilines is 1. The number of carbonyl (C=O) groups excluding carboxylic acids is 2. The van der Waals surface area contributed by atoms with Gasteiger partial charge in [-0.2, -0.15) is 0 Å². The van der Waals surface area contributed by atoms with Crippen LogP contribution in [0.25, 0.3) is 0 Å². The first-order valence-electron chi connectivity index (χ1n) is 8.33. The minimum absolute atomic E-state index is 0.0117. The van der Waals surface area contributed by atoms with Crippen LogP contribution in [-0.4, -0.2) is 16.8 Å². The molecule has 0 radical (unpaired) electrons. The van der Waals surface area contributed by atoms with Gasteiger partial charge in [0.2, 0.25) is 6.10 Å². The Kier molecular flexibility index (Phi) is 6.90. The van der Waals surface area contributed by atoms with Crippen LogP contribution in [0.4, 0.5) is 11.4 Å². The van der Waals surface area contributed by atoms with Gasteiger partial charge in [-0.05, 0) is 12.5 Å². The molecule has 0 aliphatic carbocycles. The quantitative estimate of drug-likeness (QED) is 0.425. The molecule has 2 atom stereocenters. The number of non-ortho nitro benzene ring substituents is 1. The van der Waals surface area contributed by atoms with Gasteiger partial charge in [0.1, 0.15) is 0 Å². The zero-order valence-corrected chi connectivity index (χ0v) is 15.6. The minimum Gasteiger partial charge on any atom is -0.447 e. The Morgan fingerprint density at radius 2 is 1.89 bits per heavy atom. The van der Waals surface area contributed by atoms with Crippen molar-refractivity contribution in [2.45, 2.75) is 26.4 Å². The maximum Gasteiger partial charge on any atom is 0.309 e. The topological polar surface area (TPSA) is 98.5 Å². The third kappa shape index (κ3) is 5.27. The Labute approximate surface area is 161 Å². The lowest BCUT2D eigenvalue weighted by Gasteiger charge is -2.20. The molecule has 0 saturated carbocycles. The average molecular weight is 391 g/mol. The summed E-state index contributed by atoms with van der Waals surface area (Å²) in [5.74, 6) is -1.45. The van der Waals surface area contributed by atoms with E-state index in [9.17, 15) is 19.7 Å². The van der Waals surface area contributed by atoms with E-state index in [2.05, 4.69) is 5.32 Å². The minimum atomic E-state index is -1.17. The number of nitro benzene ring substituents is 1. The Bertz CT molecular complexity index is 841. The molecule has 0 aliphatic rings. The molecule has 8 heteroatoms. The maximum absolute atomic E-state index is 12.7. The van der Waals surface area contributed by atoms with Crippen LogP contribution in [-0.2, 0) is 14.3 Å². The van der Waals surface area contributed by atoms with Gasteiger partial charge in [0.25, 0.3) is 11.6 Å². The molecule has 142 valence electrons. The molecule has 1 amide bonds. The lowest BCUT2D eigenvalue weighted by Crippen LogP contribution is -2.28. The molecule has 2 unspecified atom stereocenters. The number of benzene rings is 2. The average Bonchev–Trinajstić information content (AvgIpc) is 2.67. The van der Waals surface area contributed by atoms with E-state index >= 15 is 0 Å². The van der Waals surface area contributed by atoms with Crippen LogP contribution < -0.4 is 5.32 Å². The molecule has 2 aromatic carbocycles. The predicted molar refractivity (Wildman–Crippen MR) is 101 cm³/mol. The van der Waals surface area contributed by atoms with Crippen LogP contribution in [0.3, 0.4) is 0 Å². The first-order valence-corrected chi connectivity index (χ1v) is 8.71. The number of hydrogen-bond donors (Lipinski definition) is 1. The number of rotatable bonds is 7. The lowest BCUT2D eigenvalue weighted by molar-refractivity contribution is -0.384. The van der Waals surface area contributed by atoms with E-state index < -0.39 is 22.9 Å². The summed E-state index contributed by atoms with van der Waals surface area (Å²) < 4.78 is 5.42. The van der Waals surface area contributed by atoms with E-state index in [1.807, 2.05) is 6.92 Å². The second-order valence-electron chi connectivity index (χ2n) is 5.95. The van der Waals surface area contributed by atoms with E-state index in [0.29, 0.717) is 12.0 Å². The van der Waals surface area contributed by atoms with Gasteiger partial charge in [0.15, 0.2) is 0 Å². The van der Waals surface area contributed by atoms with Crippen molar-refractivity contribution in [1.29, 1.82) is 0 Å². The third-order valence-corrected chi connectivity index (χ3v) is 4.32. The standard InChI is InChI=1S/C19H19ClN2O5/c1-3-12(2)19(24)27-17(13-7-5-4-6-8-13)18(23)21-16-10-9-14(22(25)26)11-15(16)20/h4-12,17H,3H2,1-2H3,(H,21,23). The Balaban J connectivity index is 2.26. The van der Waals surface area contributed by atoms with E-state index in [0.717, 1.165) is 6.07 Å². The van der Waals surface area contributed by atoms with Gasteiger partial charge in [-0.1, -0.05) is 55.8 Å². The number of nitrogens with zero attached hydrogens (tertiary/aromatic N) is 1. The highest BCUT2D eigenvalue weighted by Gasteiger charge is 2.27. The highest BCUT2D eigenvalue weighted by Crippen LogP contribution is 2.28. The smallest absolute Gasteiger partial charge is 0.309 e. The van der Waals surface area contributed by atoms with Crippen LogP contribution in [0.15, 0.2) is 48.5 Å². The van der Waals surface area contributed by atoms with Crippen LogP contribution in [0.1, 0.15) is 31.9 Å². The molecule has 0 aliphatic heterocycles. The number of hydrogen-bond acceptors (Lipinski definition) is 5. The van der Waals surface area contributed by atoms with Crippen molar-refractivity contribution in [1.82, 2.24) is 0 Å². The molecule has 0 saturated heterocycles. The van der Waals surface area contributed by atoms with Gasteiger partial charge in [0, 0.05) is 17.7 Å². The van der Waals surface area contributed by atoms with Crippen molar-refractivity contribution in [2.24, 2.45) is 5.92 Å². The number of halogens is 1. The van der Waals surface area contributed by atoms with Crippen molar-refractivity contribution < 1.29 is 19.2 Å². The lowest BCUT2D eigenvalue weighted by atomic mass is 10.1. The molecule has 0 heterocycles. The van der Waals surface area contributed by atoms with Gasteiger partial charge < -0.3 is 10.1 Å². The Hall–Kier alpha value is -2.93. The Morgan fingerprint density at radius 1 is 1.22 bits per heavy atom. The van der Waals surface area contributed by atoms with Crippen molar-refractivity contribution in [3.63, 3.8) is 0 Å². The molecule has 7 nitrogen and oxygen atoms in total. The summed E-state index contributed by atoms with van der Waals surface area (Å²) in [6.07, 6.45) is -0.588. The monoisotopic (exact) mass is 390 g/mol. The summed E-state index contributed by atoms with van der Waals surface area (Å²) in [5.41, 5.74) is 0.498. The van der Waals surface area contributed by atoms with Gasteiger partial charge in [-0.15, -0.1) is 0 Å². The van der Waals surface area contributed by atoms with Crippen LogP contribution in [0.2, 0.25) is 5.02 Å². The molecule has 0 bridgehead atoms. The van der Waals surface area contributed by atoms with Gasteiger partial charge >= 0.3 is 5.97 Å². The number of carbonyl (C=O) groups is 2. The molecule has 1 N–H and O–H groups in total. The predicted octanol–water partition coefficient (Wildman–Crippen LogP) is 4.52. The van der Waals surface area contributed by atoms with Crippen LogP contribution >= 0.6 is 11.6 Å². The van der Waals surface area contributed by atoms with E-state index in [1.165, 1.54) is 12.1 Å². The number of ether oxygens (including phenoxy) is 1. The first-order chi connectivity index (χ1) is 12.8. The van der Waals surface area contributed by atoms with E-state index in [4.69, 9.17) is 16.3 Å². The fourth-order valence-electron chi connectivity index (χ4n) is 2.22. The summed E-state index contributed by atoms with van der Waals surface area (Å²) in [7, 11) is 0. The van der Waals surface area contributed by atoms with Crippen molar-refractivity contribution in [3.8, 4) is 0 Å². The Morgan fingerprint density at radius 3 is 2.44 bits per heavy atom. The molecule has 2 rings (SSSR count). The third-order valence-electron chi connectivity index (χ3n) is 4.01. The highest BCUT2D eigenvalue weighted by atomic mass is 35.5. The second-order valence-corrected chi connectivity index (χ2v) is 6.35. The first kappa shape index (κ1) is 20.4. The highest BCUT2D eigenvalue weighted by molar-refractivity contribution is 6.34. The number of nitrogens with one attached hydrogen (secondary N) is 1. The number of nitro groups is 1.